The van der Waals surface area contributed by atoms with Gasteiger partial charge in [-0.05, 0) is 36.6 Å². The predicted molar refractivity (Wildman–Crippen MR) is 112 cm³/mol. The van der Waals surface area contributed by atoms with E-state index in [1.807, 2.05) is 0 Å². The van der Waals surface area contributed by atoms with Crippen LogP contribution >= 0.6 is 23.1 Å². The van der Waals surface area contributed by atoms with E-state index < -0.39 is 27.8 Å². The van der Waals surface area contributed by atoms with E-state index in [0.717, 1.165) is 32.8 Å². The molecule has 2 rings (SSSR count). The zero-order valence-electron chi connectivity index (χ0n) is 16.0. The molecule has 2 aromatic rings. The summed E-state index contributed by atoms with van der Waals surface area (Å²) in [5.74, 6) is 0.367. The number of thioether (sulfide) groups is 1. The number of nitrogens with zero attached hydrogens (tertiary/aromatic N) is 3. The van der Waals surface area contributed by atoms with Crippen LogP contribution in [0.15, 0.2) is 28.6 Å². The highest BCUT2D eigenvalue weighted by Gasteiger charge is 2.32. The Morgan fingerprint density at radius 2 is 1.93 bits per heavy atom. The fourth-order valence-corrected chi connectivity index (χ4v) is 5.34. The van der Waals surface area contributed by atoms with Crippen molar-refractivity contribution in [1.82, 2.24) is 10.2 Å². The summed E-state index contributed by atoms with van der Waals surface area (Å²) in [6.07, 6.45) is 1.24. The Labute approximate surface area is 172 Å². The first-order valence-electron chi connectivity index (χ1n) is 8.64. The van der Waals surface area contributed by atoms with Gasteiger partial charge in [0.25, 0.3) is 0 Å². The second kappa shape index (κ2) is 9.66. The molecule has 0 radical (unpaired) electrons. The number of rotatable bonds is 9. The van der Waals surface area contributed by atoms with Crippen molar-refractivity contribution in [2.45, 2.75) is 37.6 Å². The van der Waals surface area contributed by atoms with Crippen LogP contribution in [0, 0.1) is 11.7 Å². The Morgan fingerprint density at radius 1 is 1.29 bits per heavy atom. The number of benzene rings is 1. The maximum absolute atomic E-state index is 13.2. The predicted octanol–water partition coefficient (Wildman–Crippen LogP) is 3.61. The minimum Gasteiger partial charge on any atom is -0.299 e. The zero-order valence-corrected chi connectivity index (χ0v) is 18.5. The van der Waals surface area contributed by atoms with Gasteiger partial charge in [0.1, 0.15) is 11.9 Å². The molecular formula is C17H23FN4O3S3. The molecule has 11 heteroatoms. The van der Waals surface area contributed by atoms with Crippen LogP contribution < -0.4 is 9.62 Å². The molecule has 1 atom stereocenters. The lowest BCUT2D eigenvalue weighted by Crippen LogP contribution is -2.47. The molecule has 7 nitrogen and oxygen atoms in total. The Kier molecular flexibility index (Phi) is 7.79. The van der Waals surface area contributed by atoms with E-state index in [2.05, 4.69) is 29.4 Å². The second-order valence-electron chi connectivity index (χ2n) is 6.53. The number of hydrogen-bond donors (Lipinski definition) is 1. The number of halogens is 1. The molecule has 154 valence electrons. The third-order valence-corrected chi connectivity index (χ3v) is 7.17. The number of nitrogens with one attached hydrogen (secondary N) is 1. The second-order valence-corrected chi connectivity index (χ2v) is 10.6. The highest BCUT2D eigenvalue weighted by molar-refractivity contribution is 8.01. The van der Waals surface area contributed by atoms with Gasteiger partial charge in [0.05, 0.1) is 11.9 Å². The van der Waals surface area contributed by atoms with Crippen LogP contribution in [0.25, 0.3) is 0 Å². The number of aromatic nitrogens is 2. The van der Waals surface area contributed by atoms with Crippen molar-refractivity contribution in [1.29, 1.82) is 0 Å². The maximum Gasteiger partial charge on any atom is 0.250 e. The van der Waals surface area contributed by atoms with E-state index in [4.69, 9.17) is 0 Å². The van der Waals surface area contributed by atoms with E-state index in [0.29, 0.717) is 11.0 Å². The molecular weight excluding hydrogens is 423 g/mol. The smallest absolute Gasteiger partial charge is 0.250 e. The Balaban J connectivity index is 2.21. The summed E-state index contributed by atoms with van der Waals surface area (Å²) in [4.78, 5) is 12.8. The number of sulfonamides is 1. The lowest BCUT2D eigenvalue weighted by atomic mass is 10.2. The molecule has 0 spiro atoms. The lowest BCUT2D eigenvalue weighted by molar-refractivity contribution is -0.117. The van der Waals surface area contributed by atoms with Gasteiger partial charge in [0.2, 0.25) is 21.1 Å². The van der Waals surface area contributed by atoms with Gasteiger partial charge in [-0.2, -0.15) is 0 Å². The van der Waals surface area contributed by atoms with Crippen LogP contribution in [0.3, 0.4) is 0 Å². The van der Waals surface area contributed by atoms with Crippen LogP contribution in [-0.4, -0.2) is 42.6 Å². The monoisotopic (exact) mass is 446 g/mol. The largest absolute Gasteiger partial charge is 0.299 e. The first-order valence-corrected chi connectivity index (χ1v) is 12.3. The number of hydrogen-bond acceptors (Lipinski definition) is 7. The molecule has 0 aliphatic rings. The van der Waals surface area contributed by atoms with Gasteiger partial charge < -0.3 is 0 Å². The Hall–Kier alpha value is -1.72. The fraction of sp³-hybridized carbons (Fsp3) is 0.471. The summed E-state index contributed by atoms with van der Waals surface area (Å²) in [6.45, 7) is 5.89. The third-order valence-electron chi connectivity index (χ3n) is 3.59. The van der Waals surface area contributed by atoms with Gasteiger partial charge in [-0.3, -0.25) is 14.4 Å². The fourth-order valence-electron chi connectivity index (χ4n) is 2.39. The summed E-state index contributed by atoms with van der Waals surface area (Å²) >= 11 is 2.79. The molecule has 0 aliphatic heterocycles. The van der Waals surface area contributed by atoms with E-state index in [1.54, 1.807) is 18.7 Å². The average molecular weight is 447 g/mol. The molecule has 0 unspecified atom stereocenters. The van der Waals surface area contributed by atoms with Crippen molar-refractivity contribution in [2.75, 3.05) is 21.6 Å². The van der Waals surface area contributed by atoms with Crippen LogP contribution in [0.4, 0.5) is 15.2 Å². The average Bonchev–Trinajstić information content (AvgIpc) is 3.05. The summed E-state index contributed by atoms with van der Waals surface area (Å²) in [7, 11) is -3.78. The van der Waals surface area contributed by atoms with E-state index >= 15 is 0 Å². The molecule has 1 aromatic carbocycles. The molecule has 0 fully saturated rings. The van der Waals surface area contributed by atoms with Gasteiger partial charge in [0.15, 0.2) is 4.34 Å². The van der Waals surface area contributed by atoms with Gasteiger partial charge in [0, 0.05) is 5.75 Å². The Morgan fingerprint density at radius 3 is 2.46 bits per heavy atom. The van der Waals surface area contributed by atoms with Crippen molar-refractivity contribution < 1.29 is 17.6 Å². The quantitative estimate of drug-likeness (QED) is 0.467. The molecule has 28 heavy (non-hydrogen) atoms. The molecule has 1 heterocycles. The minimum atomic E-state index is -3.78. The summed E-state index contributed by atoms with van der Waals surface area (Å²) in [6, 6.07) is 3.97. The molecule has 1 aromatic heterocycles. The lowest BCUT2D eigenvalue weighted by Gasteiger charge is -2.29. The normalized spacial score (nSPS) is 12.8. The van der Waals surface area contributed by atoms with Gasteiger partial charge >= 0.3 is 0 Å². The van der Waals surface area contributed by atoms with Crippen molar-refractivity contribution in [3.63, 3.8) is 0 Å². The first-order chi connectivity index (χ1) is 13.1. The molecule has 1 amide bonds. The molecule has 0 saturated carbocycles. The minimum absolute atomic E-state index is 0.219. The third kappa shape index (κ3) is 6.14. The topological polar surface area (TPSA) is 92.3 Å². The number of carbonyl (C=O) groups excluding carboxylic acids is 1. The van der Waals surface area contributed by atoms with Gasteiger partial charge in [-0.1, -0.05) is 43.9 Å². The number of amides is 1. The van der Waals surface area contributed by atoms with Crippen molar-refractivity contribution >= 4 is 49.8 Å². The summed E-state index contributed by atoms with van der Waals surface area (Å²) < 4.78 is 39.7. The molecule has 0 aliphatic carbocycles. The SMILES string of the molecule is CC[C@@H](C(=O)Nc1nnc(SCC(C)C)s1)N(c1ccc(F)cc1)S(C)(=O)=O. The van der Waals surface area contributed by atoms with Crippen LogP contribution in [0.1, 0.15) is 27.2 Å². The highest BCUT2D eigenvalue weighted by atomic mass is 32.2. The van der Waals surface area contributed by atoms with Crippen molar-refractivity contribution in [2.24, 2.45) is 5.92 Å². The maximum atomic E-state index is 13.2. The zero-order chi connectivity index (χ0) is 20.9. The van der Waals surface area contributed by atoms with Gasteiger partial charge in [-0.25, -0.2) is 12.8 Å². The highest BCUT2D eigenvalue weighted by Crippen LogP contribution is 2.28. The number of carbonyl (C=O) groups is 1. The summed E-state index contributed by atoms with van der Waals surface area (Å²) in [5.41, 5.74) is 0.219. The van der Waals surface area contributed by atoms with Crippen molar-refractivity contribution in [3.05, 3.63) is 30.1 Å². The molecule has 0 bridgehead atoms. The Bertz CT molecular complexity index is 901. The van der Waals surface area contributed by atoms with E-state index in [-0.39, 0.29) is 12.1 Å². The van der Waals surface area contributed by atoms with Crippen LogP contribution in [0.5, 0.6) is 0 Å². The van der Waals surface area contributed by atoms with Gasteiger partial charge in [-0.15, -0.1) is 10.2 Å². The number of anilines is 2. The van der Waals surface area contributed by atoms with Crippen molar-refractivity contribution in [3.8, 4) is 0 Å². The van der Waals surface area contributed by atoms with E-state index in [1.165, 1.54) is 23.5 Å². The molecule has 1 N–H and O–H groups in total. The van der Waals surface area contributed by atoms with Crippen LogP contribution in [0.2, 0.25) is 0 Å². The standard InChI is InChI=1S/C17H23FN4O3S3/c1-5-14(22(28(4,24)25)13-8-6-12(18)7-9-13)15(23)19-16-20-21-17(27-16)26-10-11(2)3/h6-9,11,14H,5,10H2,1-4H3,(H,19,20,23)/t14-/m0/s1. The van der Waals surface area contributed by atoms with E-state index in [9.17, 15) is 17.6 Å². The van der Waals surface area contributed by atoms with Crippen LogP contribution in [-0.2, 0) is 14.8 Å². The molecule has 0 saturated heterocycles. The summed E-state index contributed by atoms with van der Waals surface area (Å²) in [5, 5.41) is 10.9. The first kappa shape index (κ1) is 22.6.